The molecule has 1 aromatic heterocycles. The zero-order valence-electron chi connectivity index (χ0n) is 14.7. The van der Waals surface area contributed by atoms with Crippen LogP contribution in [0.3, 0.4) is 0 Å². The van der Waals surface area contributed by atoms with Gasteiger partial charge in [-0.3, -0.25) is 9.78 Å². The molecule has 1 fully saturated rings. The molecule has 1 heterocycles. The highest BCUT2D eigenvalue weighted by atomic mass is 16.1. The molecule has 1 saturated carbocycles. The third kappa shape index (κ3) is 5.76. The summed E-state index contributed by atoms with van der Waals surface area (Å²) >= 11 is 0. The summed E-state index contributed by atoms with van der Waals surface area (Å²) in [4.78, 5) is 15.0. The summed E-state index contributed by atoms with van der Waals surface area (Å²) in [6.45, 7) is 2.76. The van der Waals surface area contributed by atoms with E-state index in [-0.39, 0.29) is 0 Å². The predicted molar refractivity (Wildman–Crippen MR) is 101 cm³/mol. The van der Waals surface area contributed by atoms with Crippen LogP contribution in [0.2, 0.25) is 0 Å². The molecule has 0 aliphatic heterocycles. The molecule has 1 aliphatic carbocycles. The van der Waals surface area contributed by atoms with Gasteiger partial charge in [0.25, 0.3) is 0 Å². The summed E-state index contributed by atoms with van der Waals surface area (Å²) in [6.07, 6.45) is 8.59. The van der Waals surface area contributed by atoms with Crippen molar-refractivity contribution in [3.63, 3.8) is 0 Å². The molecule has 0 unspecified atom stereocenters. The smallest absolute Gasteiger partial charge is 0.150 e. The van der Waals surface area contributed by atoms with E-state index in [1.54, 1.807) is 12.3 Å². The number of aldehydes is 1. The first kappa shape index (κ1) is 17.8. The van der Waals surface area contributed by atoms with Crippen LogP contribution in [0.1, 0.15) is 47.3 Å². The number of carbonyl (C=O) groups is 1. The second-order valence-corrected chi connectivity index (χ2v) is 6.95. The fraction of sp³-hybridized carbons (Fsp3) is 0.429. The van der Waals surface area contributed by atoms with Crippen molar-refractivity contribution >= 4 is 6.29 Å². The van der Waals surface area contributed by atoms with Gasteiger partial charge in [0.15, 0.2) is 0 Å². The van der Waals surface area contributed by atoms with Crippen molar-refractivity contribution in [1.29, 1.82) is 0 Å². The topological polar surface area (TPSA) is 54.0 Å². The van der Waals surface area contributed by atoms with Gasteiger partial charge in [-0.25, -0.2) is 0 Å². The SMILES string of the molecule is O=Cc1ccnc(CNCCCCNC2(Cc3ccccc3)CC2)c1. The lowest BCUT2D eigenvalue weighted by atomic mass is 10.0. The summed E-state index contributed by atoms with van der Waals surface area (Å²) in [5, 5.41) is 7.16. The molecule has 1 aliphatic rings. The Balaban J connectivity index is 1.27. The van der Waals surface area contributed by atoms with Gasteiger partial charge in [-0.1, -0.05) is 30.3 Å². The minimum atomic E-state index is 0.355. The van der Waals surface area contributed by atoms with E-state index in [4.69, 9.17) is 0 Å². The van der Waals surface area contributed by atoms with E-state index >= 15 is 0 Å². The van der Waals surface area contributed by atoms with Crippen molar-refractivity contribution in [2.45, 2.75) is 44.2 Å². The van der Waals surface area contributed by atoms with Crippen molar-refractivity contribution in [2.24, 2.45) is 0 Å². The molecule has 3 rings (SSSR count). The van der Waals surface area contributed by atoms with Gasteiger partial charge in [0.05, 0.1) is 5.69 Å². The number of rotatable bonds is 11. The van der Waals surface area contributed by atoms with E-state index in [1.807, 2.05) is 6.07 Å². The van der Waals surface area contributed by atoms with Crippen LogP contribution in [0.4, 0.5) is 0 Å². The second kappa shape index (κ2) is 8.88. The molecule has 4 heteroatoms. The normalized spacial score (nSPS) is 15.0. The van der Waals surface area contributed by atoms with Crippen molar-refractivity contribution < 1.29 is 4.79 Å². The fourth-order valence-electron chi connectivity index (χ4n) is 3.17. The third-order valence-corrected chi connectivity index (χ3v) is 4.80. The zero-order chi connectivity index (χ0) is 17.4. The maximum Gasteiger partial charge on any atom is 0.150 e. The molecule has 0 atom stereocenters. The van der Waals surface area contributed by atoms with Crippen LogP contribution in [0.5, 0.6) is 0 Å². The molecular weight excluding hydrogens is 310 g/mol. The first-order valence-corrected chi connectivity index (χ1v) is 9.19. The van der Waals surface area contributed by atoms with Crippen molar-refractivity contribution in [1.82, 2.24) is 15.6 Å². The molecule has 1 aromatic carbocycles. The highest BCUT2D eigenvalue weighted by molar-refractivity contribution is 5.74. The first-order valence-electron chi connectivity index (χ1n) is 9.19. The van der Waals surface area contributed by atoms with Crippen molar-refractivity contribution in [3.05, 3.63) is 65.5 Å². The number of aromatic nitrogens is 1. The van der Waals surface area contributed by atoms with E-state index in [9.17, 15) is 4.79 Å². The number of hydrogen-bond acceptors (Lipinski definition) is 4. The van der Waals surface area contributed by atoms with Crippen LogP contribution in [-0.4, -0.2) is 29.9 Å². The number of unbranched alkanes of at least 4 members (excludes halogenated alkanes) is 1. The summed E-state index contributed by atoms with van der Waals surface area (Å²) < 4.78 is 0. The Labute approximate surface area is 150 Å². The summed E-state index contributed by atoms with van der Waals surface area (Å²) in [7, 11) is 0. The minimum absolute atomic E-state index is 0.355. The molecule has 132 valence electrons. The Bertz CT molecular complexity index is 668. The van der Waals surface area contributed by atoms with Gasteiger partial charge in [-0.2, -0.15) is 0 Å². The number of hydrogen-bond donors (Lipinski definition) is 2. The molecule has 2 N–H and O–H groups in total. The number of pyridine rings is 1. The number of benzene rings is 1. The highest BCUT2D eigenvalue weighted by Gasteiger charge is 2.41. The molecule has 25 heavy (non-hydrogen) atoms. The van der Waals surface area contributed by atoms with Crippen molar-refractivity contribution in [2.75, 3.05) is 13.1 Å². The van der Waals surface area contributed by atoms with E-state index < -0.39 is 0 Å². The second-order valence-electron chi connectivity index (χ2n) is 6.95. The number of nitrogens with zero attached hydrogens (tertiary/aromatic N) is 1. The van der Waals surface area contributed by atoms with E-state index in [2.05, 4.69) is 45.9 Å². The van der Waals surface area contributed by atoms with Gasteiger partial charge in [0.2, 0.25) is 0 Å². The van der Waals surface area contributed by atoms with Crippen LogP contribution in [0.15, 0.2) is 48.7 Å². The summed E-state index contributed by atoms with van der Waals surface area (Å²) in [5.41, 5.74) is 3.39. The van der Waals surface area contributed by atoms with E-state index in [1.165, 1.54) is 24.8 Å². The molecule has 0 bridgehead atoms. The number of nitrogens with one attached hydrogen (secondary N) is 2. The lowest BCUT2D eigenvalue weighted by Crippen LogP contribution is -2.34. The summed E-state index contributed by atoms with van der Waals surface area (Å²) in [6, 6.07) is 14.3. The predicted octanol–water partition coefficient (Wildman–Crippen LogP) is 3.13. The Morgan fingerprint density at radius 2 is 1.88 bits per heavy atom. The largest absolute Gasteiger partial charge is 0.311 e. The van der Waals surface area contributed by atoms with E-state index in [0.717, 1.165) is 37.9 Å². The van der Waals surface area contributed by atoms with Gasteiger partial charge < -0.3 is 10.6 Å². The van der Waals surface area contributed by atoms with Gasteiger partial charge in [-0.15, -0.1) is 0 Å². The lowest BCUT2D eigenvalue weighted by Gasteiger charge is -2.17. The van der Waals surface area contributed by atoms with Crippen LogP contribution >= 0.6 is 0 Å². The maximum absolute atomic E-state index is 10.8. The van der Waals surface area contributed by atoms with Gasteiger partial charge in [0, 0.05) is 23.8 Å². The molecular formula is C21H27N3O. The molecule has 0 amide bonds. The molecule has 0 saturated heterocycles. The zero-order valence-corrected chi connectivity index (χ0v) is 14.7. The average molecular weight is 337 g/mol. The third-order valence-electron chi connectivity index (χ3n) is 4.80. The summed E-state index contributed by atoms with van der Waals surface area (Å²) in [5.74, 6) is 0. The standard InChI is InChI=1S/C21H27N3O/c25-17-19-8-13-23-20(14-19)16-22-11-4-5-12-24-21(9-10-21)15-18-6-2-1-3-7-18/h1-3,6-8,13-14,17,22,24H,4-5,9-12,15-16H2. The van der Waals surface area contributed by atoms with Crippen LogP contribution < -0.4 is 10.6 Å². The molecule has 0 radical (unpaired) electrons. The first-order chi connectivity index (χ1) is 12.3. The minimum Gasteiger partial charge on any atom is -0.311 e. The molecule has 4 nitrogen and oxygen atoms in total. The van der Waals surface area contributed by atoms with Gasteiger partial charge in [-0.05, 0) is 62.9 Å². The Kier molecular flexibility index (Phi) is 6.31. The monoisotopic (exact) mass is 337 g/mol. The molecule has 0 spiro atoms. The van der Waals surface area contributed by atoms with Crippen LogP contribution in [0, 0.1) is 0 Å². The average Bonchev–Trinajstić information content (AvgIpc) is 3.41. The Morgan fingerprint density at radius 1 is 1.08 bits per heavy atom. The van der Waals surface area contributed by atoms with Crippen LogP contribution in [0.25, 0.3) is 0 Å². The van der Waals surface area contributed by atoms with E-state index in [0.29, 0.717) is 17.6 Å². The molecule has 2 aromatic rings. The highest BCUT2D eigenvalue weighted by Crippen LogP contribution is 2.38. The Morgan fingerprint density at radius 3 is 2.64 bits per heavy atom. The lowest BCUT2D eigenvalue weighted by molar-refractivity contribution is 0.112. The number of carbonyl (C=O) groups excluding carboxylic acids is 1. The maximum atomic E-state index is 10.8. The fourth-order valence-corrected chi connectivity index (χ4v) is 3.17. The Hall–Kier alpha value is -2.04. The quantitative estimate of drug-likeness (QED) is 0.489. The van der Waals surface area contributed by atoms with Gasteiger partial charge in [0.1, 0.15) is 6.29 Å². The van der Waals surface area contributed by atoms with Crippen molar-refractivity contribution in [3.8, 4) is 0 Å². The van der Waals surface area contributed by atoms with Gasteiger partial charge >= 0.3 is 0 Å². The van der Waals surface area contributed by atoms with Crippen LogP contribution in [-0.2, 0) is 13.0 Å².